The van der Waals surface area contributed by atoms with Crippen LogP contribution >= 0.6 is 0 Å². The lowest BCUT2D eigenvalue weighted by molar-refractivity contribution is -0.0623. The zero-order valence-corrected chi connectivity index (χ0v) is 11.2. The first-order valence-corrected chi connectivity index (χ1v) is 7.52. The molecule has 2 aliphatic rings. The Balaban J connectivity index is 1.82. The molecule has 100 valence electrons. The Morgan fingerprint density at radius 2 is 1.59 bits per heavy atom. The molecular weight excluding hydrogens is 212 g/mol. The highest BCUT2D eigenvalue weighted by Gasteiger charge is 2.31. The van der Waals surface area contributed by atoms with E-state index >= 15 is 0 Å². The standard InChI is InChI=1S/C15H28O2/c1-17-15(13-9-3-2-4-10-13)14(16)11-12-7-5-6-8-12/h12-16H,2-11H2,1H3. The third-order valence-corrected chi connectivity index (χ3v) is 4.82. The fourth-order valence-corrected chi connectivity index (χ4v) is 3.85. The van der Waals surface area contributed by atoms with Crippen molar-refractivity contribution in [2.45, 2.75) is 76.4 Å². The second-order valence-corrected chi connectivity index (χ2v) is 6.05. The van der Waals surface area contributed by atoms with Gasteiger partial charge in [-0.3, -0.25) is 0 Å². The van der Waals surface area contributed by atoms with Crippen molar-refractivity contribution in [1.82, 2.24) is 0 Å². The van der Waals surface area contributed by atoms with Crippen molar-refractivity contribution >= 4 is 0 Å². The average molecular weight is 240 g/mol. The average Bonchev–Trinajstić information content (AvgIpc) is 2.84. The molecule has 0 amide bonds. The molecule has 0 aliphatic heterocycles. The summed E-state index contributed by atoms with van der Waals surface area (Å²) in [5.74, 6) is 1.36. The van der Waals surface area contributed by atoms with E-state index in [-0.39, 0.29) is 12.2 Å². The quantitative estimate of drug-likeness (QED) is 0.796. The molecule has 0 aromatic rings. The van der Waals surface area contributed by atoms with Crippen LogP contribution in [-0.4, -0.2) is 24.4 Å². The molecule has 0 radical (unpaired) electrons. The maximum absolute atomic E-state index is 10.4. The van der Waals surface area contributed by atoms with Crippen LogP contribution in [0.3, 0.4) is 0 Å². The van der Waals surface area contributed by atoms with Gasteiger partial charge in [0, 0.05) is 7.11 Å². The van der Waals surface area contributed by atoms with Gasteiger partial charge in [-0.1, -0.05) is 44.9 Å². The zero-order chi connectivity index (χ0) is 12.1. The van der Waals surface area contributed by atoms with E-state index in [1.807, 2.05) is 0 Å². The first-order valence-electron chi connectivity index (χ1n) is 7.52. The Hall–Kier alpha value is -0.0800. The van der Waals surface area contributed by atoms with Gasteiger partial charge in [-0.25, -0.2) is 0 Å². The molecule has 2 saturated carbocycles. The molecular formula is C15H28O2. The fraction of sp³-hybridized carbons (Fsp3) is 1.00. The van der Waals surface area contributed by atoms with Crippen LogP contribution in [0.4, 0.5) is 0 Å². The third-order valence-electron chi connectivity index (χ3n) is 4.82. The van der Waals surface area contributed by atoms with Crippen molar-refractivity contribution in [3.8, 4) is 0 Å². The van der Waals surface area contributed by atoms with E-state index in [9.17, 15) is 5.11 Å². The monoisotopic (exact) mass is 240 g/mol. The predicted molar refractivity (Wildman–Crippen MR) is 70.0 cm³/mol. The summed E-state index contributed by atoms with van der Waals surface area (Å²) < 4.78 is 5.61. The maximum Gasteiger partial charge on any atom is 0.0858 e. The normalized spacial score (nSPS) is 27.2. The van der Waals surface area contributed by atoms with Gasteiger partial charge in [0.25, 0.3) is 0 Å². The smallest absolute Gasteiger partial charge is 0.0858 e. The summed E-state index contributed by atoms with van der Waals surface area (Å²) in [5.41, 5.74) is 0. The summed E-state index contributed by atoms with van der Waals surface area (Å²) >= 11 is 0. The van der Waals surface area contributed by atoms with E-state index in [4.69, 9.17) is 4.74 Å². The van der Waals surface area contributed by atoms with Crippen molar-refractivity contribution in [3.63, 3.8) is 0 Å². The van der Waals surface area contributed by atoms with Crippen molar-refractivity contribution in [1.29, 1.82) is 0 Å². The van der Waals surface area contributed by atoms with E-state index in [0.29, 0.717) is 5.92 Å². The largest absolute Gasteiger partial charge is 0.390 e. The highest BCUT2D eigenvalue weighted by Crippen LogP contribution is 2.34. The molecule has 0 heterocycles. The van der Waals surface area contributed by atoms with E-state index in [0.717, 1.165) is 12.3 Å². The number of hydrogen-bond acceptors (Lipinski definition) is 2. The fourth-order valence-electron chi connectivity index (χ4n) is 3.85. The van der Waals surface area contributed by atoms with Crippen LogP contribution in [0.5, 0.6) is 0 Å². The van der Waals surface area contributed by atoms with Crippen LogP contribution in [0.25, 0.3) is 0 Å². The van der Waals surface area contributed by atoms with E-state index in [1.165, 1.54) is 57.8 Å². The summed E-state index contributed by atoms with van der Waals surface area (Å²) in [6.45, 7) is 0. The maximum atomic E-state index is 10.4. The second-order valence-electron chi connectivity index (χ2n) is 6.05. The molecule has 2 nitrogen and oxygen atoms in total. The molecule has 2 rings (SSSR count). The molecule has 2 aliphatic carbocycles. The first kappa shape index (κ1) is 13.4. The number of methoxy groups -OCH3 is 1. The van der Waals surface area contributed by atoms with Gasteiger partial charge >= 0.3 is 0 Å². The van der Waals surface area contributed by atoms with Gasteiger partial charge in [-0.15, -0.1) is 0 Å². The first-order chi connectivity index (χ1) is 8.31. The third kappa shape index (κ3) is 3.69. The summed E-state index contributed by atoms with van der Waals surface area (Å²) in [7, 11) is 1.77. The topological polar surface area (TPSA) is 29.5 Å². The molecule has 2 atom stereocenters. The Morgan fingerprint density at radius 1 is 1.00 bits per heavy atom. The SMILES string of the molecule is COC(C(O)CC1CCCC1)C1CCCCC1. The van der Waals surface area contributed by atoms with Gasteiger partial charge < -0.3 is 9.84 Å². The molecule has 0 bridgehead atoms. The minimum atomic E-state index is -0.230. The number of aliphatic hydroxyl groups is 1. The lowest BCUT2D eigenvalue weighted by Crippen LogP contribution is -2.37. The predicted octanol–water partition coefficient (Wildman–Crippen LogP) is 3.52. The van der Waals surface area contributed by atoms with Gasteiger partial charge in [0.1, 0.15) is 0 Å². The van der Waals surface area contributed by atoms with Gasteiger partial charge in [-0.05, 0) is 31.1 Å². The lowest BCUT2D eigenvalue weighted by Gasteiger charge is -2.33. The Kier molecular flexibility index (Phi) is 5.30. The van der Waals surface area contributed by atoms with Crippen LogP contribution in [0.15, 0.2) is 0 Å². The molecule has 0 aromatic heterocycles. The Bertz CT molecular complexity index is 205. The van der Waals surface area contributed by atoms with Crippen molar-refractivity contribution in [3.05, 3.63) is 0 Å². The number of aliphatic hydroxyl groups excluding tert-OH is 1. The highest BCUT2D eigenvalue weighted by atomic mass is 16.5. The van der Waals surface area contributed by atoms with Crippen LogP contribution < -0.4 is 0 Å². The Labute approximate surface area is 106 Å². The van der Waals surface area contributed by atoms with E-state index in [1.54, 1.807) is 7.11 Å². The molecule has 1 N–H and O–H groups in total. The van der Waals surface area contributed by atoms with Crippen molar-refractivity contribution < 1.29 is 9.84 Å². The van der Waals surface area contributed by atoms with E-state index in [2.05, 4.69) is 0 Å². The molecule has 0 spiro atoms. The van der Waals surface area contributed by atoms with E-state index < -0.39 is 0 Å². The van der Waals surface area contributed by atoms with Crippen LogP contribution in [0.1, 0.15) is 64.2 Å². The number of ether oxygens (including phenoxy) is 1. The minimum Gasteiger partial charge on any atom is -0.390 e. The van der Waals surface area contributed by atoms with Gasteiger partial charge in [0.15, 0.2) is 0 Å². The minimum absolute atomic E-state index is 0.0934. The van der Waals surface area contributed by atoms with Gasteiger partial charge in [-0.2, -0.15) is 0 Å². The number of rotatable bonds is 5. The molecule has 2 unspecified atom stereocenters. The van der Waals surface area contributed by atoms with Gasteiger partial charge in [0.05, 0.1) is 12.2 Å². The van der Waals surface area contributed by atoms with Crippen molar-refractivity contribution in [2.75, 3.05) is 7.11 Å². The summed E-state index contributed by atoms with van der Waals surface area (Å²) in [6, 6.07) is 0. The molecule has 0 saturated heterocycles. The highest BCUT2D eigenvalue weighted by molar-refractivity contribution is 4.82. The van der Waals surface area contributed by atoms with Crippen LogP contribution in [-0.2, 0) is 4.74 Å². The van der Waals surface area contributed by atoms with Crippen LogP contribution in [0, 0.1) is 11.8 Å². The summed E-state index contributed by atoms with van der Waals surface area (Å²) in [6.07, 6.45) is 12.7. The van der Waals surface area contributed by atoms with Gasteiger partial charge in [0.2, 0.25) is 0 Å². The summed E-state index contributed by atoms with van der Waals surface area (Å²) in [5, 5.41) is 10.4. The molecule has 2 heteroatoms. The zero-order valence-electron chi connectivity index (χ0n) is 11.2. The lowest BCUT2D eigenvalue weighted by atomic mass is 9.81. The molecule has 2 fully saturated rings. The van der Waals surface area contributed by atoms with Crippen molar-refractivity contribution in [2.24, 2.45) is 11.8 Å². The second kappa shape index (κ2) is 6.75. The molecule has 17 heavy (non-hydrogen) atoms. The number of hydrogen-bond donors (Lipinski definition) is 1. The Morgan fingerprint density at radius 3 is 2.18 bits per heavy atom. The molecule has 0 aromatic carbocycles. The van der Waals surface area contributed by atoms with Crippen LogP contribution in [0.2, 0.25) is 0 Å². The summed E-state index contributed by atoms with van der Waals surface area (Å²) in [4.78, 5) is 0.